The van der Waals surface area contributed by atoms with Crippen LogP contribution in [0, 0.1) is 0 Å². The number of nitrogens with one attached hydrogen (secondary N) is 2. The van der Waals surface area contributed by atoms with Gasteiger partial charge in [0.15, 0.2) is 5.96 Å². The molecule has 0 amide bonds. The number of hydrogen-bond donors (Lipinski definition) is 2. The molecule has 0 spiro atoms. The third kappa shape index (κ3) is 8.30. The lowest BCUT2D eigenvalue weighted by Crippen LogP contribution is -2.42. The summed E-state index contributed by atoms with van der Waals surface area (Å²) in [5.74, 6) is 1.66. The first-order valence-electron chi connectivity index (χ1n) is 5.97. The number of halogens is 2. The maximum atomic E-state index is 5.59. The summed E-state index contributed by atoms with van der Waals surface area (Å²) in [6.07, 6.45) is 0. The average Bonchev–Trinajstić information content (AvgIpc) is 2.34. The van der Waals surface area contributed by atoms with Gasteiger partial charge < -0.3 is 15.4 Å². The second kappa shape index (κ2) is 10.3. The number of hydrogen-bond acceptors (Lipinski definition) is 2. The zero-order chi connectivity index (χ0) is 13.4. The highest BCUT2D eigenvalue weighted by Gasteiger charge is 1.99. The van der Waals surface area contributed by atoms with Crippen LogP contribution in [0.3, 0.4) is 0 Å². The van der Waals surface area contributed by atoms with Gasteiger partial charge in [-0.15, -0.1) is 24.0 Å². The summed E-state index contributed by atoms with van der Waals surface area (Å²) in [4.78, 5) is 4.12. The summed E-state index contributed by atoms with van der Waals surface area (Å²) >= 11 is 3.39. The molecule has 0 bridgehead atoms. The summed E-state index contributed by atoms with van der Waals surface area (Å²) < 4.78 is 6.65. The third-order valence-corrected chi connectivity index (χ3v) is 2.65. The van der Waals surface area contributed by atoms with Crippen molar-refractivity contribution in [2.24, 2.45) is 4.99 Å². The molecule has 19 heavy (non-hydrogen) atoms. The predicted molar refractivity (Wildman–Crippen MR) is 94.7 cm³/mol. The van der Waals surface area contributed by atoms with E-state index in [1.165, 1.54) is 0 Å². The van der Waals surface area contributed by atoms with Crippen LogP contribution in [-0.2, 0) is 0 Å². The van der Waals surface area contributed by atoms with E-state index in [0.717, 1.165) is 16.2 Å². The van der Waals surface area contributed by atoms with Crippen LogP contribution in [0.25, 0.3) is 0 Å². The summed E-state index contributed by atoms with van der Waals surface area (Å²) in [6, 6.07) is 8.16. The molecule has 108 valence electrons. The van der Waals surface area contributed by atoms with Crippen molar-refractivity contribution in [3.63, 3.8) is 0 Å². The fourth-order valence-electron chi connectivity index (χ4n) is 1.34. The lowest BCUT2D eigenvalue weighted by atomic mass is 10.3. The molecule has 0 atom stereocenters. The van der Waals surface area contributed by atoms with Crippen molar-refractivity contribution >= 4 is 45.9 Å². The van der Waals surface area contributed by atoms with Crippen molar-refractivity contribution in [2.45, 2.75) is 19.9 Å². The van der Waals surface area contributed by atoms with Crippen molar-refractivity contribution in [1.82, 2.24) is 10.6 Å². The molecule has 0 unspecified atom stereocenters. The quantitative estimate of drug-likeness (QED) is 0.319. The van der Waals surface area contributed by atoms with E-state index in [1.54, 1.807) is 7.05 Å². The Labute approximate surface area is 140 Å². The summed E-state index contributed by atoms with van der Waals surface area (Å²) in [5, 5.41) is 6.40. The van der Waals surface area contributed by atoms with E-state index in [9.17, 15) is 0 Å². The van der Waals surface area contributed by atoms with E-state index in [4.69, 9.17) is 4.74 Å². The van der Waals surface area contributed by atoms with Gasteiger partial charge in [0.1, 0.15) is 12.4 Å². The Bertz CT molecular complexity index is 382. The van der Waals surface area contributed by atoms with Gasteiger partial charge in [0.05, 0.1) is 6.54 Å². The van der Waals surface area contributed by atoms with Crippen molar-refractivity contribution in [3.05, 3.63) is 28.7 Å². The minimum atomic E-state index is 0. The van der Waals surface area contributed by atoms with Gasteiger partial charge in [0, 0.05) is 17.6 Å². The Morgan fingerprint density at radius 2 is 1.95 bits per heavy atom. The Balaban J connectivity index is 0.00000324. The molecule has 0 aromatic heterocycles. The Morgan fingerprint density at radius 1 is 1.32 bits per heavy atom. The normalized spacial score (nSPS) is 10.9. The number of rotatable bonds is 5. The average molecular weight is 442 g/mol. The summed E-state index contributed by atoms with van der Waals surface area (Å²) in [7, 11) is 1.76. The molecular weight excluding hydrogens is 421 g/mol. The topological polar surface area (TPSA) is 45.7 Å². The molecule has 2 N–H and O–H groups in total. The molecule has 1 aromatic rings. The molecule has 1 rings (SSSR count). The van der Waals surface area contributed by atoms with Crippen LogP contribution in [0.5, 0.6) is 5.75 Å². The molecule has 0 aliphatic carbocycles. The van der Waals surface area contributed by atoms with Crippen molar-refractivity contribution in [3.8, 4) is 5.75 Å². The van der Waals surface area contributed by atoms with E-state index in [0.29, 0.717) is 19.2 Å². The first-order chi connectivity index (χ1) is 8.61. The zero-order valence-electron chi connectivity index (χ0n) is 11.4. The molecule has 6 heteroatoms. The van der Waals surface area contributed by atoms with Crippen LogP contribution in [0.2, 0.25) is 0 Å². The van der Waals surface area contributed by atoms with E-state index in [2.05, 4.69) is 45.4 Å². The first kappa shape index (κ1) is 18.5. The van der Waals surface area contributed by atoms with Gasteiger partial charge in [-0.05, 0) is 38.1 Å². The van der Waals surface area contributed by atoms with Crippen LogP contribution >= 0.6 is 39.9 Å². The Morgan fingerprint density at radius 3 is 2.47 bits per heavy atom. The summed E-state index contributed by atoms with van der Waals surface area (Å²) in [5.41, 5.74) is 0. The molecule has 0 fully saturated rings. The van der Waals surface area contributed by atoms with Gasteiger partial charge in [-0.3, -0.25) is 4.99 Å². The van der Waals surface area contributed by atoms with Gasteiger partial charge >= 0.3 is 0 Å². The number of aliphatic imine (C=N–C) groups is 1. The van der Waals surface area contributed by atoms with Gasteiger partial charge in [-0.2, -0.15) is 0 Å². The molecule has 0 saturated heterocycles. The minimum Gasteiger partial charge on any atom is -0.492 e. The highest BCUT2D eigenvalue weighted by molar-refractivity contribution is 14.0. The fourth-order valence-corrected chi connectivity index (χ4v) is 1.60. The van der Waals surface area contributed by atoms with Crippen LogP contribution < -0.4 is 15.4 Å². The molecule has 0 saturated carbocycles. The van der Waals surface area contributed by atoms with E-state index >= 15 is 0 Å². The maximum Gasteiger partial charge on any atom is 0.191 e. The van der Waals surface area contributed by atoms with Gasteiger partial charge in [-0.25, -0.2) is 0 Å². The highest BCUT2D eigenvalue weighted by atomic mass is 127. The first-order valence-corrected chi connectivity index (χ1v) is 6.76. The number of guanidine groups is 1. The summed E-state index contributed by atoms with van der Waals surface area (Å²) in [6.45, 7) is 5.46. The zero-order valence-corrected chi connectivity index (χ0v) is 15.4. The third-order valence-electron chi connectivity index (χ3n) is 2.13. The Hall–Kier alpha value is -0.500. The molecule has 4 nitrogen and oxygen atoms in total. The highest BCUT2D eigenvalue weighted by Crippen LogP contribution is 2.15. The second-order valence-electron chi connectivity index (χ2n) is 4.10. The molecule has 0 aliphatic heterocycles. The second-order valence-corrected chi connectivity index (χ2v) is 5.02. The van der Waals surface area contributed by atoms with Crippen molar-refractivity contribution in [2.75, 3.05) is 20.2 Å². The largest absolute Gasteiger partial charge is 0.492 e. The molecule has 0 radical (unpaired) electrons. The van der Waals surface area contributed by atoms with Crippen molar-refractivity contribution in [1.29, 1.82) is 0 Å². The van der Waals surface area contributed by atoms with Crippen LogP contribution in [-0.4, -0.2) is 32.2 Å². The lowest BCUT2D eigenvalue weighted by molar-refractivity contribution is 0.321. The van der Waals surface area contributed by atoms with Crippen molar-refractivity contribution < 1.29 is 4.74 Å². The molecule has 0 heterocycles. The van der Waals surface area contributed by atoms with Crippen LogP contribution in [0.15, 0.2) is 33.7 Å². The van der Waals surface area contributed by atoms with E-state index in [1.807, 2.05) is 24.3 Å². The number of nitrogens with zero attached hydrogens (tertiary/aromatic N) is 1. The standard InChI is InChI=1S/C13H20BrN3O.HI/c1-10(2)17-13(15-3)16-8-9-18-12-6-4-11(14)5-7-12;/h4-7,10H,8-9H2,1-3H3,(H2,15,16,17);1H. The molecular formula is C13H21BrIN3O. The molecule has 1 aromatic carbocycles. The minimum absolute atomic E-state index is 0. The monoisotopic (exact) mass is 441 g/mol. The van der Waals surface area contributed by atoms with Gasteiger partial charge in [-0.1, -0.05) is 15.9 Å². The SMILES string of the molecule is CN=C(NCCOc1ccc(Br)cc1)NC(C)C.I. The lowest BCUT2D eigenvalue weighted by Gasteiger charge is -2.14. The Kier molecular flexibility index (Phi) is 10.0. The fraction of sp³-hybridized carbons (Fsp3) is 0.462. The van der Waals surface area contributed by atoms with E-state index < -0.39 is 0 Å². The van der Waals surface area contributed by atoms with E-state index in [-0.39, 0.29) is 24.0 Å². The number of ether oxygens (including phenoxy) is 1. The molecule has 0 aliphatic rings. The van der Waals surface area contributed by atoms with Crippen LogP contribution in [0.1, 0.15) is 13.8 Å². The number of benzene rings is 1. The predicted octanol–water partition coefficient (Wildman–Crippen LogP) is 3.02. The van der Waals surface area contributed by atoms with Crippen LogP contribution in [0.4, 0.5) is 0 Å². The smallest absolute Gasteiger partial charge is 0.191 e. The van der Waals surface area contributed by atoms with Gasteiger partial charge in [0.2, 0.25) is 0 Å². The maximum absolute atomic E-state index is 5.59. The van der Waals surface area contributed by atoms with Gasteiger partial charge in [0.25, 0.3) is 0 Å².